The van der Waals surface area contributed by atoms with E-state index in [9.17, 15) is 22.4 Å². The summed E-state index contributed by atoms with van der Waals surface area (Å²) >= 11 is 0. The van der Waals surface area contributed by atoms with Crippen LogP contribution in [0.3, 0.4) is 0 Å². The molecule has 0 spiro atoms. The minimum Gasteiger partial charge on any atom is -0.383 e. The van der Waals surface area contributed by atoms with Crippen molar-refractivity contribution in [3.05, 3.63) is 70.4 Å². The number of aryl methyl sites for hydroxylation is 1. The lowest BCUT2D eigenvalue weighted by molar-refractivity contribution is -0.131. The second-order valence-electron chi connectivity index (χ2n) is 8.79. The van der Waals surface area contributed by atoms with E-state index in [-0.39, 0.29) is 24.3 Å². The fraction of sp³-hybridized carbons (Fsp3) is 0.360. The van der Waals surface area contributed by atoms with Crippen molar-refractivity contribution in [2.45, 2.75) is 31.2 Å². The van der Waals surface area contributed by atoms with Crippen molar-refractivity contribution in [1.29, 1.82) is 0 Å². The Kier molecular flexibility index (Phi) is 8.62. The third kappa shape index (κ3) is 5.81. The van der Waals surface area contributed by atoms with Crippen LogP contribution >= 0.6 is 0 Å². The van der Waals surface area contributed by atoms with Gasteiger partial charge in [0.25, 0.3) is 11.5 Å². The van der Waals surface area contributed by atoms with Crippen LogP contribution in [0.1, 0.15) is 18.9 Å². The molecule has 1 aromatic heterocycles. The van der Waals surface area contributed by atoms with E-state index in [1.807, 2.05) is 6.07 Å². The van der Waals surface area contributed by atoms with Crippen LogP contribution in [-0.4, -0.2) is 55.4 Å². The Morgan fingerprint density at radius 3 is 2.58 bits per heavy atom. The topological polar surface area (TPSA) is 127 Å². The molecule has 194 valence electrons. The van der Waals surface area contributed by atoms with Crippen LogP contribution in [0, 0.1) is 5.82 Å². The molecule has 3 rings (SSSR count). The Hall–Kier alpha value is -3.12. The number of hydroxylamine groups is 1. The Balaban J connectivity index is 1.84. The summed E-state index contributed by atoms with van der Waals surface area (Å²) in [4.78, 5) is 25.0. The number of rotatable bonds is 11. The highest BCUT2D eigenvalue weighted by Gasteiger charge is 2.43. The first-order valence-corrected chi connectivity index (χ1v) is 13.2. The number of nitrogens with one attached hydrogen (secondary N) is 2. The van der Waals surface area contributed by atoms with E-state index in [2.05, 4.69) is 5.32 Å². The molecule has 0 aliphatic rings. The molecule has 1 atom stereocenters. The number of sulfone groups is 1. The summed E-state index contributed by atoms with van der Waals surface area (Å²) in [6, 6.07) is 11.7. The van der Waals surface area contributed by atoms with Gasteiger partial charge in [-0.25, -0.2) is 18.3 Å². The molecule has 0 aliphatic carbocycles. The molecule has 1 heterocycles. The number of halogens is 1. The van der Waals surface area contributed by atoms with Crippen LogP contribution < -0.4 is 16.4 Å². The molecular weight excluding hydrogens is 489 g/mol. The van der Waals surface area contributed by atoms with Crippen LogP contribution in [0.4, 0.5) is 4.39 Å². The third-order valence-electron chi connectivity index (χ3n) is 6.36. The standard InChI is InChI=1S/C25H30FN3O6S/c1-25(24(31)28-32,36(3,33)34)9-12-29-11-8-19-15-18(5-7-21(19)23(29)30)20-6-4-17(14-22(20)26)16-27-10-13-35-2/h4-8,11,14-15,27,32H,9-10,12-13,16H2,1-3H3,(H,28,31)/t25-/m1/s1. The van der Waals surface area contributed by atoms with E-state index in [4.69, 9.17) is 9.94 Å². The number of ether oxygens (including phenoxy) is 1. The van der Waals surface area contributed by atoms with Gasteiger partial charge in [-0.3, -0.25) is 14.8 Å². The minimum atomic E-state index is -3.89. The Labute approximate surface area is 208 Å². The highest BCUT2D eigenvalue weighted by molar-refractivity contribution is 7.92. The zero-order valence-electron chi connectivity index (χ0n) is 20.4. The van der Waals surface area contributed by atoms with Crippen molar-refractivity contribution in [3.63, 3.8) is 0 Å². The smallest absolute Gasteiger partial charge is 0.264 e. The fourth-order valence-corrected chi connectivity index (χ4v) is 4.71. The van der Waals surface area contributed by atoms with Crippen LogP contribution in [0.2, 0.25) is 0 Å². The normalized spacial score (nSPS) is 13.5. The number of methoxy groups -OCH3 is 1. The number of aromatic nitrogens is 1. The predicted molar refractivity (Wildman–Crippen MR) is 135 cm³/mol. The third-order valence-corrected chi connectivity index (χ3v) is 8.39. The van der Waals surface area contributed by atoms with E-state index >= 15 is 0 Å². The number of hydrogen-bond donors (Lipinski definition) is 3. The van der Waals surface area contributed by atoms with E-state index in [1.54, 1.807) is 37.4 Å². The van der Waals surface area contributed by atoms with Gasteiger partial charge >= 0.3 is 0 Å². The van der Waals surface area contributed by atoms with Crippen LogP contribution in [0.25, 0.3) is 21.9 Å². The lowest BCUT2D eigenvalue weighted by Gasteiger charge is -2.25. The maximum Gasteiger partial charge on any atom is 0.264 e. The Morgan fingerprint density at radius 1 is 1.19 bits per heavy atom. The van der Waals surface area contributed by atoms with Gasteiger partial charge in [0, 0.05) is 50.1 Å². The molecule has 0 saturated heterocycles. The summed E-state index contributed by atoms with van der Waals surface area (Å²) in [6.45, 7) is 2.86. The number of nitrogens with zero attached hydrogens (tertiary/aromatic N) is 1. The first kappa shape index (κ1) is 27.5. The van der Waals surface area contributed by atoms with Gasteiger partial charge in [0.15, 0.2) is 14.6 Å². The van der Waals surface area contributed by atoms with Gasteiger partial charge in [-0.15, -0.1) is 0 Å². The lowest BCUT2D eigenvalue weighted by atomic mass is 10.00. The average Bonchev–Trinajstić information content (AvgIpc) is 2.84. The summed E-state index contributed by atoms with van der Waals surface area (Å²) < 4.78 is 43.6. The molecule has 0 fully saturated rings. The summed E-state index contributed by atoms with van der Waals surface area (Å²) in [6.07, 6.45) is 2.18. The number of benzene rings is 2. The zero-order valence-corrected chi connectivity index (χ0v) is 21.2. The van der Waals surface area contributed by atoms with Gasteiger partial charge in [0.2, 0.25) is 0 Å². The first-order valence-electron chi connectivity index (χ1n) is 11.3. The van der Waals surface area contributed by atoms with Gasteiger partial charge < -0.3 is 14.6 Å². The molecule has 0 aliphatic heterocycles. The molecule has 3 N–H and O–H groups in total. The Bertz CT molecular complexity index is 1420. The largest absolute Gasteiger partial charge is 0.383 e. The lowest BCUT2D eigenvalue weighted by Crippen LogP contribution is -2.49. The molecular formula is C25H30FN3O6S. The van der Waals surface area contributed by atoms with Crippen LogP contribution in [0.5, 0.6) is 0 Å². The van der Waals surface area contributed by atoms with E-state index in [1.165, 1.54) is 29.2 Å². The van der Waals surface area contributed by atoms with Crippen LogP contribution in [0.15, 0.2) is 53.5 Å². The van der Waals surface area contributed by atoms with Crippen molar-refractivity contribution in [1.82, 2.24) is 15.4 Å². The van der Waals surface area contributed by atoms with Crippen molar-refractivity contribution in [2.75, 3.05) is 26.5 Å². The van der Waals surface area contributed by atoms with Gasteiger partial charge in [-0.2, -0.15) is 0 Å². The molecule has 3 aromatic rings. The molecule has 0 saturated carbocycles. The van der Waals surface area contributed by atoms with E-state index in [0.29, 0.717) is 41.6 Å². The quantitative estimate of drug-likeness (QED) is 0.201. The molecule has 2 aromatic carbocycles. The zero-order chi connectivity index (χ0) is 26.5. The summed E-state index contributed by atoms with van der Waals surface area (Å²) in [7, 11) is -2.27. The second-order valence-corrected chi connectivity index (χ2v) is 11.2. The molecule has 1 amide bonds. The summed E-state index contributed by atoms with van der Waals surface area (Å²) in [5.41, 5.74) is 2.83. The molecule has 0 radical (unpaired) electrons. The maximum absolute atomic E-state index is 14.8. The Morgan fingerprint density at radius 2 is 1.94 bits per heavy atom. The average molecular weight is 520 g/mol. The van der Waals surface area contributed by atoms with Gasteiger partial charge in [0.1, 0.15) is 5.82 Å². The SMILES string of the molecule is COCCNCc1ccc(-c2ccc3c(=O)n(CC[C@](C)(C(=O)NO)S(C)(=O)=O)ccc3c2)c(F)c1. The van der Waals surface area contributed by atoms with E-state index in [0.717, 1.165) is 11.8 Å². The highest BCUT2D eigenvalue weighted by Crippen LogP contribution is 2.27. The van der Waals surface area contributed by atoms with Crippen molar-refractivity contribution in [2.24, 2.45) is 0 Å². The van der Waals surface area contributed by atoms with Crippen molar-refractivity contribution >= 4 is 26.5 Å². The summed E-state index contributed by atoms with van der Waals surface area (Å²) in [5.74, 6) is -1.45. The second kappa shape index (κ2) is 11.3. The predicted octanol–water partition coefficient (Wildman–Crippen LogP) is 2.24. The van der Waals surface area contributed by atoms with Gasteiger partial charge in [-0.05, 0) is 54.1 Å². The summed E-state index contributed by atoms with van der Waals surface area (Å²) in [5, 5.41) is 13.1. The van der Waals surface area contributed by atoms with Crippen molar-refractivity contribution in [3.8, 4) is 11.1 Å². The van der Waals surface area contributed by atoms with E-state index < -0.39 is 20.5 Å². The van der Waals surface area contributed by atoms with Gasteiger partial charge in [-0.1, -0.05) is 18.2 Å². The fourth-order valence-electron chi connectivity index (χ4n) is 3.86. The highest BCUT2D eigenvalue weighted by atomic mass is 32.2. The number of carbonyl (C=O) groups is 1. The molecule has 36 heavy (non-hydrogen) atoms. The number of hydrogen-bond acceptors (Lipinski definition) is 7. The van der Waals surface area contributed by atoms with Crippen LogP contribution in [-0.2, 0) is 32.5 Å². The monoisotopic (exact) mass is 519 g/mol. The number of fused-ring (bicyclic) bond motifs is 1. The number of carbonyl (C=O) groups excluding carboxylic acids is 1. The minimum absolute atomic E-state index is 0.0674. The molecule has 0 bridgehead atoms. The maximum atomic E-state index is 14.8. The van der Waals surface area contributed by atoms with Gasteiger partial charge in [0.05, 0.1) is 6.61 Å². The number of amides is 1. The first-order chi connectivity index (χ1) is 17.0. The molecule has 9 nitrogen and oxygen atoms in total. The molecule has 11 heteroatoms. The molecule has 0 unspecified atom stereocenters. The number of pyridine rings is 1. The van der Waals surface area contributed by atoms with Crippen molar-refractivity contribution < 1.29 is 27.5 Å².